The third kappa shape index (κ3) is 3.44. The molecule has 1 aliphatic rings. The largest absolute Gasteiger partial charge is 0.481 e. The number of nitrogens with zero attached hydrogens (tertiary/aromatic N) is 1. The summed E-state index contributed by atoms with van der Waals surface area (Å²) >= 11 is 0. The molecule has 1 saturated heterocycles. The summed E-state index contributed by atoms with van der Waals surface area (Å²) < 4.78 is 0. The molecule has 100 valence electrons. The topological polar surface area (TPSA) is 40.5 Å². The summed E-state index contributed by atoms with van der Waals surface area (Å²) in [6.07, 6.45) is 5.19. The lowest BCUT2D eigenvalue weighted by Crippen LogP contribution is -2.45. The van der Waals surface area contributed by atoms with Crippen molar-refractivity contribution in [3.05, 3.63) is 0 Å². The zero-order chi connectivity index (χ0) is 12.9. The number of carboxylic acids is 1. The third-order valence-corrected chi connectivity index (χ3v) is 4.62. The molecule has 1 fully saturated rings. The number of hydrogen-bond acceptors (Lipinski definition) is 2. The molecule has 0 unspecified atom stereocenters. The highest BCUT2D eigenvalue weighted by molar-refractivity contribution is 5.74. The zero-order valence-corrected chi connectivity index (χ0v) is 11.5. The number of likely N-dealkylation sites (tertiary alicyclic amines) is 1. The van der Waals surface area contributed by atoms with Gasteiger partial charge in [0.05, 0.1) is 5.41 Å². The number of piperidine rings is 1. The van der Waals surface area contributed by atoms with E-state index in [0.29, 0.717) is 0 Å². The fraction of sp³-hybridized carbons (Fsp3) is 0.929. The highest BCUT2D eigenvalue weighted by Crippen LogP contribution is 2.30. The van der Waals surface area contributed by atoms with Gasteiger partial charge in [-0.2, -0.15) is 0 Å². The van der Waals surface area contributed by atoms with Gasteiger partial charge in [0.1, 0.15) is 0 Å². The minimum Gasteiger partial charge on any atom is -0.481 e. The molecule has 0 aromatic carbocycles. The first-order valence-corrected chi connectivity index (χ1v) is 7.03. The second-order valence-corrected chi connectivity index (χ2v) is 5.42. The Balaban J connectivity index is 2.55. The second-order valence-electron chi connectivity index (χ2n) is 5.42. The molecule has 0 bridgehead atoms. The fourth-order valence-electron chi connectivity index (χ4n) is 2.82. The number of aliphatic carboxylic acids is 1. The summed E-state index contributed by atoms with van der Waals surface area (Å²) in [4.78, 5) is 13.8. The van der Waals surface area contributed by atoms with Crippen LogP contribution in [-0.4, -0.2) is 35.6 Å². The van der Waals surface area contributed by atoms with Crippen LogP contribution >= 0.6 is 0 Å². The first kappa shape index (κ1) is 14.5. The van der Waals surface area contributed by atoms with Crippen LogP contribution in [0.5, 0.6) is 0 Å². The van der Waals surface area contributed by atoms with E-state index in [9.17, 15) is 9.90 Å². The maximum atomic E-state index is 11.5. The predicted octanol–water partition coefficient (Wildman–Crippen LogP) is 3.00. The average Bonchev–Trinajstić information content (AvgIpc) is 2.36. The summed E-state index contributed by atoms with van der Waals surface area (Å²) in [7, 11) is 0. The van der Waals surface area contributed by atoms with Crippen LogP contribution in [-0.2, 0) is 4.79 Å². The number of hydrogen-bond donors (Lipinski definition) is 1. The van der Waals surface area contributed by atoms with Crippen LogP contribution in [0.4, 0.5) is 0 Å². The molecule has 1 rings (SSSR count). The molecule has 17 heavy (non-hydrogen) atoms. The summed E-state index contributed by atoms with van der Waals surface area (Å²) in [6, 6.07) is 0. The summed E-state index contributed by atoms with van der Waals surface area (Å²) in [5.74, 6) is 0.230. The lowest BCUT2D eigenvalue weighted by molar-refractivity contribution is -0.151. The SMILES string of the molecule is CCC1CCN(CC(CC)(CC)C(=O)O)CC1. The third-order valence-electron chi connectivity index (χ3n) is 4.62. The lowest BCUT2D eigenvalue weighted by atomic mass is 9.81. The molecule has 0 amide bonds. The van der Waals surface area contributed by atoms with Gasteiger partial charge in [-0.15, -0.1) is 0 Å². The van der Waals surface area contributed by atoms with E-state index in [1.54, 1.807) is 0 Å². The van der Waals surface area contributed by atoms with E-state index < -0.39 is 11.4 Å². The van der Waals surface area contributed by atoms with E-state index >= 15 is 0 Å². The van der Waals surface area contributed by atoms with E-state index in [0.717, 1.165) is 38.4 Å². The number of carbonyl (C=O) groups is 1. The van der Waals surface area contributed by atoms with E-state index in [1.807, 2.05) is 13.8 Å². The summed E-state index contributed by atoms with van der Waals surface area (Å²) in [6.45, 7) is 9.12. The molecule has 0 saturated carbocycles. The van der Waals surface area contributed by atoms with Gasteiger partial charge in [0, 0.05) is 6.54 Å². The summed E-state index contributed by atoms with van der Waals surface area (Å²) in [5.41, 5.74) is -0.529. The second kappa shape index (κ2) is 6.39. The van der Waals surface area contributed by atoms with Crippen molar-refractivity contribution in [3.8, 4) is 0 Å². The van der Waals surface area contributed by atoms with Crippen molar-refractivity contribution in [2.45, 2.75) is 52.9 Å². The van der Waals surface area contributed by atoms with Crippen LogP contribution in [0.3, 0.4) is 0 Å². The van der Waals surface area contributed by atoms with Crippen LogP contribution in [0, 0.1) is 11.3 Å². The van der Waals surface area contributed by atoms with Crippen LogP contribution in [0.25, 0.3) is 0 Å². The zero-order valence-electron chi connectivity index (χ0n) is 11.5. The first-order valence-electron chi connectivity index (χ1n) is 7.03. The Hall–Kier alpha value is -0.570. The van der Waals surface area contributed by atoms with Crippen LogP contribution < -0.4 is 0 Å². The lowest BCUT2D eigenvalue weighted by Gasteiger charge is -2.37. The molecule has 0 radical (unpaired) electrons. The van der Waals surface area contributed by atoms with Crippen molar-refractivity contribution in [1.29, 1.82) is 0 Å². The Morgan fingerprint density at radius 2 is 1.76 bits per heavy atom. The molecule has 1 N–H and O–H groups in total. The van der Waals surface area contributed by atoms with E-state index in [-0.39, 0.29) is 0 Å². The Kier molecular flexibility index (Phi) is 5.44. The van der Waals surface area contributed by atoms with Crippen molar-refractivity contribution in [2.24, 2.45) is 11.3 Å². The van der Waals surface area contributed by atoms with Crippen LogP contribution in [0.15, 0.2) is 0 Å². The van der Waals surface area contributed by atoms with E-state index in [2.05, 4.69) is 11.8 Å². The monoisotopic (exact) mass is 241 g/mol. The Morgan fingerprint density at radius 3 is 2.12 bits per heavy atom. The smallest absolute Gasteiger partial charge is 0.310 e. The molecule has 0 spiro atoms. The maximum absolute atomic E-state index is 11.5. The van der Waals surface area contributed by atoms with Gasteiger partial charge in [0.25, 0.3) is 0 Å². The fourth-order valence-corrected chi connectivity index (χ4v) is 2.82. The molecule has 0 aromatic heterocycles. The van der Waals surface area contributed by atoms with Crippen molar-refractivity contribution in [1.82, 2.24) is 4.90 Å². The maximum Gasteiger partial charge on any atom is 0.310 e. The van der Waals surface area contributed by atoms with Gasteiger partial charge in [-0.05, 0) is 44.7 Å². The van der Waals surface area contributed by atoms with Gasteiger partial charge >= 0.3 is 5.97 Å². The Bertz CT molecular complexity index is 241. The molecule has 0 aliphatic carbocycles. The van der Waals surface area contributed by atoms with Crippen molar-refractivity contribution in [2.75, 3.05) is 19.6 Å². The van der Waals surface area contributed by atoms with Gasteiger partial charge in [-0.3, -0.25) is 4.79 Å². The Morgan fingerprint density at radius 1 is 1.24 bits per heavy atom. The minimum absolute atomic E-state index is 0.529. The molecule has 3 nitrogen and oxygen atoms in total. The molecular formula is C14H27NO2. The first-order chi connectivity index (χ1) is 8.07. The average molecular weight is 241 g/mol. The molecule has 0 atom stereocenters. The standard InChI is InChI=1S/C14H27NO2/c1-4-12-7-9-15(10-8-12)11-14(5-2,6-3)13(16)17/h12H,4-11H2,1-3H3,(H,16,17). The normalized spacial score (nSPS) is 19.5. The highest BCUT2D eigenvalue weighted by atomic mass is 16.4. The highest BCUT2D eigenvalue weighted by Gasteiger charge is 2.37. The van der Waals surface area contributed by atoms with Gasteiger partial charge in [0.15, 0.2) is 0 Å². The quantitative estimate of drug-likeness (QED) is 0.777. The van der Waals surface area contributed by atoms with Gasteiger partial charge < -0.3 is 10.0 Å². The number of rotatable bonds is 6. The predicted molar refractivity (Wildman–Crippen MR) is 70.1 cm³/mol. The molecule has 3 heteroatoms. The Labute approximate surface area is 105 Å². The van der Waals surface area contributed by atoms with Crippen molar-refractivity contribution < 1.29 is 9.90 Å². The molecule has 0 aromatic rings. The molecule has 1 aliphatic heterocycles. The van der Waals surface area contributed by atoms with Gasteiger partial charge in [-0.1, -0.05) is 27.2 Å². The molecular weight excluding hydrogens is 214 g/mol. The number of carboxylic acid groups (broad SMARTS) is 1. The van der Waals surface area contributed by atoms with Gasteiger partial charge in [0.2, 0.25) is 0 Å². The summed E-state index contributed by atoms with van der Waals surface area (Å²) in [5, 5.41) is 9.43. The van der Waals surface area contributed by atoms with E-state index in [4.69, 9.17) is 0 Å². The van der Waals surface area contributed by atoms with Crippen molar-refractivity contribution in [3.63, 3.8) is 0 Å². The van der Waals surface area contributed by atoms with Crippen LogP contribution in [0.2, 0.25) is 0 Å². The van der Waals surface area contributed by atoms with Gasteiger partial charge in [-0.25, -0.2) is 0 Å². The van der Waals surface area contributed by atoms with Crippen molar-refractivity contribution >= 4 is 5.97 Å². The van der Waals surface area contributed by atoms with E-state index in [1.165, 1.54) is 19.3 Å². The minimum atomic E-state index is -0.625. The molecule has 1 heterocycles. The van der Waals surface area contributed by atoms with Crippen LogP contribution in [0.1, 0.15) is 52.9 Å².